The van der Waals surface area contributed by atoms with Crippen LogP contribution in [0.1, 0.15) is 51.0 Å². The van der Waals surface area contributed by atoms with Crippen molar-refractivity contribution in [2.75, 3.05) is 18.4 Å². The molecule has 126 valence electrons. The molecule has 0 heterocycles. The first-order valence-electron chi connectivity index (χ1n) is 8.76. The first kappa shape index (κ1) is 17.5. The highest BCUT2D eigenvalue weighted by Gasteiger charge is 2.26. The number of carbonyl (C=O) groups is 2. The van der Waals surface area contributed by atoms with Crippen molar-refractivity contribution in [1.29, 1.82) is 0 Å². The summed E-state index contributed by atoms with van der Waals surface area (Å²) in [5, 5.41) is 2.92. The van der Waals surface area contributed by atoms with E-state index in [0.717, 1.165) is 43.4 Å². The molecule has 1 saturated carbocycles. The average molecular weight is 316 g/mol. The summed E-state index contributed by atoms with van der Waals surface area (Å²) in [7, 11) is 0. The van der Waals surface area contributed by atoms with E-state index in [9.17, 15) is 9.59 Å². The molecule has 0 unspecified atom stereocenters. The number of hydrogen-bond donors (Lipinski definition) is 1. The van der Waals surface area contributed by atoms with Crippen LogP contribution < -0.4 is 5.32 Å². The van der Waals surface area contributed by atoms with Gasteiger partial charge in [0.25, 0.3) is 0 Å². The minimum Gasteiger partial charge on any atom is -0.333 e. The number of amides is 2. The van der Waals surface area contributed by atoms with E-state index in [-0.39, 0.29) is 24.3 Å². The molecule has 2 rings (SSSR count). The van der Waals surface area contributed by atoms with Gasteiger partial charge in [-0.2, -0.15) is 0 Å². The van der Waals surface area contributed by atoms with Gasteiger partial charge >= 0.3 is 0 Å². The van der Waals surface area contributed by atoms with Gasteiger partial charge in [-0.25, -0.2) is 0 Å². The van der Waals surface area contributed by atoms with Gasteiger partial charge in [-0.15, -0.1) is 0 Å². The summed E-state index contributed by atoms with van der Waals surface area (Å²) in [5.41, 5.74) is 1.85. The lowest BCUT2D eigenvalue weighted by atomic mass is 9.88. The van der Waals surface area contributed by atoms with Crippen LogP contribution in [-0.2, 0) is 9.59 Å². The largest absolute Gasteiger partial charge is 0.333 e. The predicted molar refractivity (Wildman–Crippen MR) is 93.3 cm³/mol. The first-order valence-corrected chi connectivity index (χ1v) is 8.76. The highest BCUT2D eigenvalue weighted by Crippen LogP contribution is 2.25. The third-order valence-corrected chi connectivity index (χ3v) is 4.51. The van der Waals surface area contributed by atoms with Crippen molar-refractivity contribution in [1.82, 2.24) is 4.90 Å². The summed E-state index contributed by atoms with van der Waals surface area (Å²) < 4.78 is 0. The molecule has 0 saturated heterocycles. The van der Waals surface area contributed by atoms with Crippen LogP contribution in [0.4, 0.5) is 5.69 Å². The van der Waals surface area contributed by atoms with Gasteiger partial charge in [0.1, 0.15) is 0 Å². The quantitative estimate of drug-likeness (QED) is 0.869. The van der Waals surface area contributed by atoms with Gasteiger partial charge in [0, 0.05) is 18.2 Å². The molecule has 0 atom stereocenters. The summed E-state index contributed by atoms with van der Waals surface area (Å²) in [4.78, 5) is 26.8. The molecule has 2 amide bonds. The number of nitrogens with one attached hydrogen (secondary N) is 1. The second-order valence-corrected chi connectivity index (χ2v) is 6.46. The molecule has 1 aromatic rings. The highest BCUT2D eigenvalue weighted by molar-refractivity contribution is 5.95. The second-order valence-electron chi connectivity index (χ2n) is 6.46. The van der Waals surface area contributed by atoms with Gasteiger partial charge in [0.2, 0.25) is 11.8 Å². The fourth-order valence-electron chi connectivity index (χ4n) is 3.22. The maximum Gasteiger partial charge on any atom is 0.244 e. The summed E-state index contributed by atoms with van der Waals surface area (Å²) >= 11 is 0. The maximum absolute atomic E-state index is 12.7. The molecule has 4 nitrogen and oxygen atoms in total. The van der Waals surface area contributed by atoms with Gasteiger partial charge < -0.3 is 10.2 Å². The molecule has 1 aliphatic rings. The monoisotopic (exact) mass is 316 g/mol. The molecule has 0 aliphatic heterocycles. The van der Waals surface area contributed by atoms with E-state index in [4.69, 9.17) is 0 Å². The zero-order chi connectivity index (χ0) is 16.7. The van der Waals surface area contributed by atoms with Crippen molar-refractivity contribution in [2.24, 2.45) is 5.92 Å². The SMILES string of the molecule is CCCN(CC(=O)Nc1ccccc1C)C(=O)C1CCCCC1. The van der Waals surface area contributed by atoms with Crippen molar-refractivity contribution in [2.45, 2.75) is 52.4 Å². The molecular weight excluding hydrogens is 288 g/mol. The Kier molecular flexibility index (Phi) is 6.63. The average Bonchev–Trinajstić information content (AvgIpc) is 2.57. The Morgan fingerprint density at radius 1 is 1.17 bits per heavy atom. The van der Waals surface area contributed by atoms with E-state index < -0.39 is 0 Å². The Morgan fingerprint density at radius 3 is 2.52 bits per heavy atom. The van der Waals surface area contributed by atoms with Crippen LogP contribution in [0.2, 0.25) is 0 Å². The molecule has 0 spiro atoms. The highest BCUT2D eigenvalue weighted by atomic mass is 16.2. The number of anilines is 1. The Bertz CT molecular complexity index is 536. The smallest absolute Gasteiger partial charge is 0.244 e. The topological polar surface area (TPSA) is 49.4 Å². The minimum atomic E-state index is -0.114. The number of aryl methyl sites for hydroxylation is 1. The predicted octanol–water partition coefficient (Wildman–Crippen LogP) is 3.75. The van der Waals surface area contributed by atoms with E-state index in [2.05, 4.69) is 5.32 Å². The van der Waals surface area contributed by atoms with E-state index in [0.29, 0.717) is 6.54 Å². The fourth-order valence-corrected chi connectivity index (χ4v) is 3.22. The number of para-hydroxylation sites is 1. The zero-order valence-electron chi connectivity index (χ0n) is 14.3. The van der Waals surface area contributed by atoms with Crippen LogP contribution in [0.5, 0.6) is 0 Å². The number of rotatable bonds is 6. The van der Waals surface area contributed by atoms with Crippen LogP contribution in [0.3, 0.4) is 0 Å². The number of hydrogen-bond acceptors (Lipinski definition) is 2. The molecule has 0 bridgehead atoms. The lowest BCUT2D eigenvalue weighted by Gasteiger charge is -2.28. The fraction of sp³-hybridized carbons (Fsp3) is 0.579. The third-order valence-electron chi connectivity index (χ3n) is 4.51. The number of carbonyl (C=O) groups excluding carboxylic acids is 2. The lowest BCUT2D eigenvalue weighted by molar-refractivity contribution is -0.139. The Hall–Kier alpha value is -1.84. The Morgan fingerprint density at radius 2 is 1.87 bits per heavy atom. The van der Waals surface area contributed by atoms with E-state index in [1.807, 2.05) is 38.1 Å². The second kappa shape index (κ2) is 8.70. The molecule has 1 aliphatic carbocycles. The van der Waals surface area contributed by atoms with Crippen LogP contribution in [0.25, 0.3) is 0 Å². The van der Waals surface area contributed by atoms with Crippen molar-refractivity contribution in [3.05, 3.63) is 29.8 Å². The Labute approximate surface area is 139 Å². The van der Waals surface area contributed by atoms with Gasteiger partial charge in [-0.3, -0.25) is 9.59 Å². The van der Waals surface area contributed by atoms with Gasteiger partial charge in [-0.05, 0) is 37.8 Å². The Balaban J connectivity index is 1.96. The molecule has 1 fully saturated rings. The van der Waals surface area contributed by atoms with E-state index in [1.54, 1.807) is 4.90 Å². The molecular formula is C19H28N2O2. The zero-order valence-corrected chi connectivity index (χ0v) is 14.3. The van der Waals surface area contributed by atoms with Crippen LogP contribution in [0.15, 0.2) is 24.3 Å². The summed E-state index contributed by atoms with van der Waals surface area (Å²) in [6.07, 6.45) is 6.30. The van der Waals surface area contributed by atoms with E-state index in [1.165, 1.54) is 6.42 Å². The molecule has 1 N–H and O–H groups in total. The molecule has 4 heteroatoms. The molecule has 0 aromatic heterocycles. The summed E-state index contributed by atoms with van der Waals surface area (Å²) in [5.74, 6) is 0.157. The minimum absolute atomic E-state index is 0.113. The van der Waals surface area contributed by atoms with Crippen molar-refractivity contribution in [3.63, 3.8) is 0 Å². The molecule has 23 heavy (non-hydrogen) atoms. The lowest BCUT2D eigenvalue weighted by Crippen LogP contribution is -2.42. The molecule has 1 aromatic carbocycles. The maximum atomic E-state index is 12.7. The summed E-state index contributed by atoms with van der Waals surface area (Å²) in [6, 6.07) is 7.70. The normalized spacial score (nSPS) is 15.2. The van der Waals surface area contributed by atoms with Crippen molar-refractivity contribution >= 4 is 17.5 Å². The summed E-state index contributed by atoms with van der Waals surface area (Å²) in [6.45, 7) is 4.81. The van der Waals surface area contributed by atoms with Crippen molar-refractivity contribution in [3.8, 4) is 0 Å². The van der Waals surface area contributed by atoms with Crippen LogP contribution >= 0.6 is 0 Å². The standard InChI is InChI=1S/C19H28N2O2/c1-3-13-21(19(23)16-10-5-4-6-11-16)14-18(22)20-17-12-8-7-9-15(17)2/h7-9,12,16H,3-6,10-11,13-14H2,1-2H3,(H,20,22). The number of benzene rings is 1. The third kappa shape index (κ3) is 5.08. The van der Waals surface area contributed by atoms with Gasteiger partial charge in [0.15, 0.2) is 0 Å². The van der Waals surface area contributed by atoms with Gasteiger partial charge in [0.05, 0.1) is 6.54 Å². The van der Waals surface area contributed by atoms with Gasteiger partial charge in [-0.1, -0.05) is 44.4 Å². The number of nitrogens with zero attached hydrogens (tertiary/aromatic N) is 1. The van der Waals surface area contributed by atoms with E-state index >= 15 is 0 Å². The van der Waals surface area contributed by atoms with Crippen LogP contribution in [0, 0.1) is 12.8 Å². The van der Waals surface area contributed by atoms with Crippen LogP contribution in [-0.4, -0.2) is 29.8 Å². The van der Waals surface area contributed by atoms with Crippen molar-refractivity contribution < 1.29 is 9.59 Å². The molecule has 0 radical (unpaired) electrons. The first-order chi connectivity index (χ1) is 11.1.